The van der Waals surface area contributed by atoms with Crippen LogP contribution in [-0.2, 0) is 11.3 Å². The van der Waals surface area contributed by atoms with Gasteiger partial charge in [0.05, 0.1) is 11.3 Å². The van der Waals surface area contributed by atoms with Crippen LogP contribution in [0.15, 0.2) is 29.8 Å². The molecule has 1 heterocycles. The largest absolute Gasteiger partial charge is 0.323 e. The topological polar surface area (TPSA) is 81.7 Å². The molecule has 2 aromatic rings. The molecule has 0 atom stereocenters. The van der Waals surface area contributed by atoms with Crippen molar-refractivity contribution in [3.8, 4) is 6.07 Å². The van der Waals surface area contributed by atoms with Crippen LogP contribution in [0.4, 0.5) is 5.69 Å². The first-order valence-electron chi connectivity index (χ1n) is 5.28. The van der Waals surface area contributed by atoms with Gasteiger partial charge in [-0.15, -0.1) is 11.3 Å². The highest BCUT2D eigenvalue weighted by atomic mass is 35.5. The normalized spacial score (nSPS) is 9.89. The molecule has 0 aliphatic carbocycles. The van der Waals surface area contributed by atoms with Gasteiger partial charge in [-0.1, -0.05) is 11.6 Å². The van der Waals surface area contributed by atoms with Gasteiger partial charge in [0, 0.05) is 16.6 Å². The lowest BCUT2D eigenvalue weighted by Gasteiger charge is -2.07. The summed E-state index contributed by atoms with van der Waals surface area (Å²) >= 11 is 7.07. The average molecular weight is 293 g/mol. The molecule has 0 bridgehead atoms. The van der Waals surface area contributed by atoms with E-state index in [1.165, 1.54) is 22.0 Å². The van der Waals surface area contributed by atoms with E-state index in [2.05, 4.69) is 5.32 Å². The number of anilines is 1. The van der Waals surface area contributed by atoms with Crippen LogP contribution < -0.4 is 10.1 Å². The summed E-state index contributed by atoms with van der Waals surface area (Å²) in [5.41, 5.74) is 0.724. The number of benzene rings is 1. The van der Waals surface area contributed by atoms with E-state index in [1.807, 2.05) is 6.07 Å². The van der Waals surface area contributed by atoms with Crippen LogP contribution >= 0.6 is 22.9 Å². The highest BCUT2D eigenvalue weighted by molar-refractivity contribution is 7.06. The highest BCUT2D eigenvalue weighted by Gasteiger charge is 2.08. The molecule has 0 aliphatic rings. The molecule has 5 nitrogen and oxygen atoms in total. The maximum Gasteiger partial charge on any atom is 0.244 e. The standard InChI is InChI=1S/C12H9ClN4OS/c13-9-2-1-8(6-14)10(5-9)16-11(18)7-17-3-4-19-12(17)15/h1-5,15H,7H2,(H,16,18). The Balaban J connectivity index is 2.16. The fourth-order valence-electron chi connectivity index (χ4n) is 1.49. The number of carbonyl (C=O) groups excluding carboxylic acids is 1. The van der Waals surface area contributed by atoms with Gasteiger partial charge in [-0.25, -0.2) is 0 Å². The highest BCUT2D eigenvalue weighted by Crippen LogP contribution is 2.20. The minimum atomic E-state index is -0.310. The van der Waals surface area contributed by atoms with Crippen molar-refractivity contribution in [3.05, 3.63) is 45.2 Å². The number of nitrogens with one attached hydrogen (secondary N) is 2. The van der Waals surface area contributed by atoms with E-state index in [0.717, 1.165) is 0 Å². The fraction of sp³-hybridized carbons (Fsp3) is 0.0833. The van der Waals surface area contributed by atoms with Gasteiger partial charge in [0.1, 0.15) is 12.6 Å². The molecule has 7 heteroatoms. The Labute approximate surface area is 118 Å². The van der Waals surface area contributed by atoms with Crippen LogP contribution in [0.5, 0.6) is 0 Å². The Morgan fingerprint density at radius 2 is 2.37 bits per heavy atom. The van der Waals surface area contributed by atoms with E-state index in [0.29, 0.717) is 21.1 Å². The number of halogens is 1. The Bertz CT molecular complexity index is 713. The van der Waals surface area contributed by atoms with Crippen molar-refractivity contribution < 1.29 is 4.79 Å². The molecular formula is C12H9ClN4OS. The van der Waals surface area contributed by atoms with E-state index >= 15 is 0 Å². The smallest absolute Gasteiger partial charge is 0.244 e. The molecule has 96 valence electrons. The quantitative estimate of drug-likeness (QED) is 0.909. The molecule has 0 fully saturated rings. The Morgan fingerprint density at radius 3 is 3.00 bits per heavy atom. The van der Waals surface area contributed by atoms with E-state index in [9.17, 15) is 4.79 Å². The zero-order valence-corrected chi connectivity index (χ0v) is 11.3. The van der Waals surface area contributed by atoms with Crippen molar-refractivity contribution in [2.75, 3.05) is 5.32 Å². The van der Waals surface area contributed by atoms with Gasteiger partial charge >= 0.3 is 0 Å². The molecule has 0 unspecified atom stereocenters. The van der Waals surface area contributed by atoms with Gasteiger partial charge in [0.15, 0.2) is 4.80 Å². The van der Waals surface area contributed by atoms with E-state index < -0.39 is 0 Å². The Morgan fingerprint density at radius 1 is 1.58 bits per heavy atom. The molecule has 1 amide bonds. The minimum absolute atomic E-state index is 0.0275. The maximum atomic E-state index is 11.8. The molecule has 0 spiro atoms. The van der Waals surface area contributed by atoms with Gasteiger partial charge in [-0.3, -0.25) is 10.2 Å². The molecule has 19 heavy (non-hydrogen) atoms. The Hall–Kier alpha value is -2.10. The molecule has 0 aliphatic heterocycles. The van der Waals surface area contributed by atoms with Crippen molar-refractivity contribution in [2.45, 2.75) is 6.54 Å². The number of nitriles is 1. The fourth-order valence-corrected chi connectivity index (χ4v) is 2.26. The second kappa shape index (κ2) is 5.69. The molecule has 2 rings (SSSR count). The lowest BCUT2D eigenvalue weighted by atomic mass is 10.2. The first-order chi connectivity index (χ1) is 9.10. The molecular weight excluding hydrogens is 284 g/mol. The lowest BCUT2D eigenvalue weighted by molar-refractivity contribution is -0.116. The molecule has 0 saturated heterocycles. The van der Waals surface area contributed by atoms with Crippen LogP contribution in [0.25, 0.3) is 0 Å². The van der Waals surface area contributed by atoms with Crippen LogP contribution in [0.3, 0.4) is 0 Å². The molecule has 0 radical (unpaired) electrons. The average Bonchev–Trinajstić information content (AvgIpc) is 2.75. The maximum absolute atomic E-state index is 11.8. The molecule has 0 saturated carbocycles. The van der Waals surface area contributed by atoms with E-state index in [1.54, 1.807) is 23.7 Å². The van der Waals surface area contributed by atoms with Crippen molar-refractivity contribution in [2.24, 2.45) is 0 Å². The number of hydrogen-bond acceptors (Lipinski definition) is 4. The van der Waals surface area contributed by atoms with Crippen molar-refractivity contribution >= 4 is 34.5 Å². The summed E-state index contributed by atoms with van der Waals surface area (Å²) < 4.78 is 1.51. The number of hydrogen-bond donors (Lipinski definition) is 2. The Kier molecular flexibility index (Phi) is 4.00. The lowest BCUT2D eigenvalue weighted by Crippen LogP contribution is -2.24. The summed E-state index contributed by atoms with van der Waals surface area (Å²) in [5, 5.41) is 21.3. The zero-order chi connectivity index (χ0) is 13.8. The summed E-state index contributed by atoms with van der Waals surface area (Å²) in [4.78, 5) is 12.1. The molecule has 1 aromatic carbocycles. The van der Waals surface area contributed by atoms with Crippen LogP contribution in [0, 0.1) is 16.7 Å². The number of rotatable bonds is 3. The van der Waals surface area contributed by atoms with Crippen LogP contribution in [0.2, 0.25) is 5.02 Å². The predicted molar refractivity (Wildman–Crippen MR) is 73.0 cm³/mol. The number of carbonyl (C=O) groups is 1. The zero-order valence-electron chi connectivity index (χ0n) is 9.68. The third-order valence-electron chi connectivity index (χ3n) is 2.37. The number of amides is 1. The number of thiazole rings is 1. The monoisotopic (exact) mass is 292 g/mol. The van der Waals surface area contributed by atoms with Gasteiger partial charge in [0.25, 0.3) is 0 Å². The van der Waals surface area contributed by atoms with E-state index in [-0.39, 0.29) is 12.5 Å². The summed E-state index contributed by atoms with van der Waals surface area (Å²) in [6.07, 6.45) is 1.66. The van der Waals surface area contributed by atoms with Gasteiger partial charge in [-0.05, 0) is 18.2 Å². The first-order valence-corrected chi connectivity index (χ1v) is 6.54. The summed E-state index contributed by atoms with van der Waals surface area (Å²) in [5.74, 6) is -0.310. The number of nitrogens with zero attached hydrogens (tertiary/aromatic N) is 2. The third kappa shape index (κ3) is 3.22. The van der Waals surface area contributed by atoms with Gasteiger partial charge in [-0.2, -0.15) is 5.26 Å². The summed E-state index contributed by atoms with van der Waals surface area (Å²) in [7, 11) is 0. The first kappa shape index (κ1) is 13.3. The van der Waals surface area contributed by atoms with Crippen LogP contribution in [-0.4, -0.2) is 10.5 Å². The van der Waals surface area contributed by atoms with E-state index in [4.69, 9.17) is 22.3 Å². The minimum Gasteiger partial charge on any atom is -0.323 e. The second-order valence-corrected chi connectivity index (χ2v) is 5.02. The predicted octanol–water partition coefficient (Wildman–Crippen LogP) is 2.19. The van der Waals surface area contributed by atoms with Crippen molar-refractivity contribution in [1.29, 1.82) is 10.7 Å². The summed E-state index contributed by atoms with van der Waals surface area (Å²) in [6, 6.07) is 6.64. The third-order valence-corrected chi connectivity index (χ3v) is 3.32. The SMILES string of the molecule is N#Cc1ccc(Cl)cc1NC(=O)Cn1ccsc1=N. The summed E-state index contributed by atoms with van der Waals surface area (Å²) in [6.45, 7) is 0.0275. The van der Waals surface area contributed by atoms with Crippen molar-refractivity contribution in [3.63, 3.8) is 0 Å². The van der Waals surface area contributed by atoms with Gasteiger partial charge < -0.3 is 9.88 Å². The van der Waals surface area contributed by atoms with Crippen molar-refractivity contribution in [1.82, 2.24) is 4.57 Å². The van der Waals surface area contributed by atoms with Crippen LogP contribution in [0.1, 0.15) is 5.56 Å². The molecule has 1 aromatic heterocycles. The van der Waals surface area contributed by atoms with Gasteiger partial charge in [0.2, 0.25) is 5.91 Å². The number of aromatic nitrogens is 1. The second-order valence-electron chi connectivity index (χ2n) is 3.69. The molecule has 2 N–H and O–H groups in total.